The van der Waals surface area contributed by atoms with Crippen molar-refractivity contribution < 1.29 is 22.7 Å². The summed E-state index contributed by atoms with van der Waals surface area (Å²) < 4.78 is 37.6. The third kappa shape index (κ3) is 4.31. The van der Waals surface area contributed by atoms with Crippen molar-refractivity contribution in [1.82, 2.24) is 9.29 Å². The lowest BCUT2D eigenvalue weighted by Crippen LogP contribution is -2.30. The topological polar surface area (TPSA) is 97.8 Å². The zero-order valence-corrected chi connectivity index (χ0v) is 19.7. The molecule has 1 N–H and O–H groups in total. The molecule has 0 atom stereocenters. The monoisotopic (exact) mass is 493 g/mol. The second-order valence-corrected chi connectivity index (χ2v) is 9.99. The fourth-order valence-corrected chi connectivity index (χ4v) is 5.64. The lowest BCUT2D eigenvalue weighted by Gasteiger charge is -2.19. The van der Waals surface area contributed by atoms with Crippen LogP contribution in [0.4, 0.5) is 5.13 Å². The van der Waals surface area contributed by atoms with E-state index in [1.54, 1.807) is 25.3 Å². The SMILES string of the molecule is CCN(CC)S(=O)(=O)c1ccc(Cl)c(C(=O)Nc2nc(-c3ccc4c(c3)OCO4)cs2)c1. The molecule has 4 rings (SSSR count). The molecule has 0 saturated heterocycles. The third-order valence-corrected chi connectivity index (χ3v) is 8.05. The number of sulfonamides is 1. The molecule has 2 heterocycles. The molecule has 0 saturated carbocycles. The molecule has 2 aromatic carbocycles. The van der Waals surface area contributed by atoms with E-state index in [1.165, 1.54) is 33.8 Å². The highest BCUT2D eigenvalue weighted by molar-refractivity contribution is 7.89. The molecule has 0 aliphatic carbocycles. The highest BCUT2D eigenvalue weighted by atomic mass is 35.5. The number of thiazole rings is 1. The fraction of sp³-hybridized carbons (Fsp3) is 0.238. The Morgan fingerprint density at radius 1 is 1.16 bits per heavy atom. The van der Waals surface area contributed by atoms with Gasteiger partial charge in [0.1, 0.15) is 0 Å². The highest BCUT2D eigenvalue weighted by Crippen LogP contribution is 2.36. The molecule has 0 fully saturated rings. The third-order valence-electron chi connectivity index (χ3n) is 4.92. The Bertz CT molecular complexity index is 1270. The molecule has 0 radical (unpaired) electrons. The molecule has 1 amide bonds. The zero-order valence-electron chi connectivity index (χ0n) is 17.3. The van der Waals surface area contributed by atoms with Crippen LogP contribution < -0.4 is 14.8 Å². The van der Waals surface area contributed by atoms with Gasteiger partial charge in [-0.1, -0.05) is 25.4 Å². The van der Waals surface area contributed by atoms with Crippen molar-refractivity contribution in [3.63, 3.8) is 0 Å². The number of benzene rings is 2. The van der Waals surface area contributed by atoms with Crippen LogP contribution in [0.25, 0.3) is 11.3 Å². The minimum atomic E-state index is -3.72. The molecule has 1 aliphatic heterocycles. The van der Waals surface area contributed by atoms with Crippen LogP contribution in [0.5, 0.6) is 11.5 Å². The van der Waals surface area contributed by atoms with Crippen LogP contribution in [-0.4, -0.2) is 43.5 Å². The van der Waals surface area contributed by atoms with Crippen molar-refractivity contribution in [1.29, 1.82) is 0 Å². The van der Waals surface area contributed by atoms with E-state index >= 15 is 0 Å². The standard InChI is InChI=1S/C21H20ClN3O5S2/c1-3-25(4-2)32(27,28)14-6-7-16(22)15(10-14)20(26)24-21-23-17(11-31-21)13-5-8-18-19(9-13)30-12-29-18/h5-11H,3-4,12H2,1-2H3,(H,23,24,26). The van der Waals surface area contributed by atoms with E-state index in [-0.39, 0.29) is 22.3 Å². The maximum Gasteiger partial charge on any atom is 0.259 e. The number of nitrogens with zero attached hydrogens (tertiary/aromatic N) is 2. The molecule has 1 aromatic heterocycles. The smallest absolute Gasteiger partial charge is 0.259 e. The number of carbonyl (C=O) groups is 1. The largest absolute Gasteiger partial charge is 0.454 e. The Hall–Kier alpha value is -2.66. The first-order valence-electron chi connectivity index (χ1n) is 9.80. The molecule has 1 aliphatic rings. The Morgan fingerprint density at radius 2 is 1.91 bits per heavy atom. The average molecular weight is 494 g/mol. The summed E-state index contributed by atoms with van der Waals surface area (Å²) in [6, 6.07) is 9.57. The maximum absolute atomic E-state index is 12.8. The molecule has 3 aromatic rings. The van der Waals surface area contributed by atoms with E-state index < -0.39 is 15.9 Å². The van der Waals surface area contributed by atoms with Crippen molar-refractivity contribution in [2.45, 2.75) is 18.7 Å². The summed E-state index contributed by atoms with van der Waals surface area (Å²) in [4.78, 5) is 17.3. The predicted octanol–water partition coefficient (Wildman–Crippen LogP) is 4.48. The Morgan fingerprint density at radius 3 is 2.66 bits per heavy atom. The molecule has 32 heavy (non-hydrogen) atoms. The van der Waals surface area contributed by atoms with Crippen molar-refractivity contribution in [3.05, 3.63) is 52.4 Å². The quantitative estimate of drug-likeness (QED) is 0.521. The minimum absolute atomic E-state index is 0.0101. The highest BCUT2D eigenvalue weighted by Gasteiger charge is 2.24. The van der Waals surface area contributed by atoms with E-state index in [0.29, 0.717) is 35.4 Å². The van der Waals surface area contributed by atoms with Gasteiger partial charge in [0.2, 0.25) is 16.8 Å². The number of hydrogen-bond acceptors (Lipinski definition) is 7. The van der Waals surface area contributed by atoms with Crippen LogP contribution in [-0.2, 0) is 10.0 Å². The number of ether oxygens (including phenoxy) is 2. The van der Waals surface area contributed by atoms with Gasteiger partial charge in [-0.3, -0.25) is 10.1 Å². The Kier molecular flexibility index (Phi) is 6.38. The number of halogens is 1. The number of anilines is 1. The molecule has 11 heteroatoms. The van der Waals surface area contributed by atoms with Gasteiger partial charge in [-0.25, -0.2) is 13.4 Å². The molecule has 8 nitrogen and oxygen atoms in total. The molecule has 0 spiro atoms. The summed E-state index contributed by atoms with van der Waals surface area (Å²) in [6.07, 6.45) is 0. The first-order chi connectivity index (χ1) is 15.3. The van der Waals surface area contributed by atoms with Gasteiger partial charge in [-0.15, -0.1) is 11.3 Å². The minimum Gasteiger partial charge on any atom is -0.454 e. The van der Waals surface area contributed by atoms with E-state index in [2.05, 4.69) is 10.3 Å². The predicted molar refractivity (Wildman–Crippen MR) is 123 cm³/mol. The number of fused-ring (bicyclic) bond motifs is 1. The van der Waals surface area contributed by atoms with Crippen molar-refractivity contribution in [2.24, 2.45) is 0 Å². The summed E-state index contributed by atoms with van der Waals surface area (Å²) in [6.45, 7) is 4.34. The summed E-state index contributed by atoms with van der Waals surface area (Å²) in [5.41, 5.74) is 1.53. The number of nitrogens with one attached hydrogen (secondary N) is 1. The average Bonchev–Trinajstić information content (AvgIpc) is 3.43. The summed E-state index contributed by atoms with van der Waals surface area (Å²) in [7, 11) is -3.72. The van der Waals surface area contributed by atoms with Gasteiger partial charge in [-0.2, -0.15) is 4.31 Å². The van der Waals surface area contributed by atoms with Gasteiger partial charge in [0, 0.05) is 24.0 Å². The number of hydrogen-bond donors (Lipinski definition) is 1. The normalized spacial score (nSPS) is 12.9. The number of rotatable bonds is 7. The number of amides is 1. The summed E-state index contributed by atoms with van der Waals surface area (Å²) in [5.74, 6) is 0.768. The van der Waals surface area contributed by atoms with Crippen molar-refractivity contribution >= 4 is 44.0 Å². The van der Waals surface area contributed by atoms with Crippen molar-refractivity contribution in [3.8, 4) is 22.8 Å². The van der Waals surface area contributed by atoms with Crippen LogP contribution >= 0.6 is 22.9 Å². The first kappa shape index (κ1) is 22.5. The fourth-order valence-electron chi connectivity index (χ4n) is 3.24. The zero-order chi connectivity index (χ0) is 22.9. The van der Waals surface area contributed by atoms with Gasteiger partial charge in [0.15, 0.2) is 16.6 Å². The van der Waals surface area contributed by atoms with Gasteiger partial charge >= 0.3 is 0 Å². The van der Waals surface area contributed by atoms with Crippen LogP contribution in [0.1, 0.15) is 24.2 Å². The van der Waals surface area contributed by atoms with E-state index in [9.17, 15) is 13.2 Å². The summed E-state index contributed by atoms with van der Waals surface area (Å²) in [5, 5.41) is 5.00. The molecular weight excluding hydrogens is 474 g/mol. The number of aromatic nitrogens is 1. The lowest BCUT2D eigenvalue weighted by atomic mass is 10.1. The van der Waals surface area contributed by atoms with Crippen LogP contribution in [0.3, 0.4) is 0 Å². The van der Waals surface area contributed by atoms with Crippen LogP contribution in [0, 0.1) is 0 Å². The second-order valence-electron chi connectivity index (χ2n) is 6.79. The maximum atomic E-state index is 12.8. The molecule has 0 bridgehead atoms. The van der Waals surface area contributed by atoms with E-state index in [0.717, 1.165) is 5.56 Å². The lowest BCUT2D eigenvalue weighted by molar-refractivity contribution is 0.102. The summed E-state index contributed by atoms with van der Waals surface area (Å²) >= 11 is 7.44. The Labute approximate surface area is 194 Å². The van der Waals surface area contributed by atoms with Gasteiger partial charge < -0.3 is 9.47 Å². The van der Waals surface area contributed by atoms with E-state index in [1.807, 2.05) is 12.1 Å². The second kappa shape index (κ2) is 9.07. The molecular formula is C21H20ClN3O5S2. The van der Waals surface area contributed by atoms with E-state index in [4.69, 9.17) is 21.1 Å². The van der Waals surface area contributed by atoms with Gasteiger partial charge in [0.05, 0.1) is 21.2 Å². The first-order valence-corrected chi connectivity index (χ1v) is 12.5. The van der Waals surface area contributed by atoms with Crippen molar-refractivity contribution in [2.75, 3.05) is 25.2 Å². The van der Waals surface area contributed by atoms with Crippen LogP contribution in [0.15, 0.2) is 46.7 Å². The van der Waals surface area contributed by atoms with Gasteiger partial charge in [-0.05, 0) is 36.4 Å². The molecule has 0 unspecified atom stereocenters. The van der Waals surface area contributed by atoms with Crippen LogP contribution in [0.2, 0.25) is 5.02 Å². The number of carbonyl (C=O) groups excluding carboxylic acids is 1. The Balaban J connectivity index is 1.56. The molecule has 168 valence electrons. The van der Waals surface area contributed by atoms with Gasteiger partial charge in [0.25, 0.3) is 5.91 Å².